The van der Waals surface area contributed by atoms with Crippen molar-refractivity contribution in [2.45, 2.75) is 31.7 Å². The van der Waals surface area contributed by atoms with E-state index in [0.29, 0.717) is 5.69 Å². The topological polar surface area (TPSA) is 92.5 Å². The van der Waals surface area contributed by atoms with E-state index >= 15 is 0 Å². The van der Waals surface area contributed by atoms with E-state index in [1.807, 2.05) is 13.8 Å². The van der Waals surface area contributed by atoms with Crippen molar-refractivity contribution in [3.05, 3.63) is 23.8 Å². The Morgan fingerprint density at radius 2 is 1.86 bits per heavy atom. The summed E-state index contributed by atoms with van der Waals surface area (Å²) in [5.74, 6) is -0.327. The molecule has 6 nitrogen and oxygen atoms in total. The van der Waals surface area contributed by atoms with Crippen molar-refractivity contribution < 1.29 is 13.2 Å². The molecule has 0 aliphatic heterocycles. The maximum atomic E-state index is 12.1. The second kappa shape index (κ2) is 6.55. The summed E-state index contributed by atoms with van der Waals surface area (Å²) in [7, 11) is -0.617. The first kappa shape index (κ1) is 17.6. The molecule has 0 aliphatic rings. The summed E-state index contributed by atoms with van der Waals surface area (Å²) in [4.78, 5) is 12.1. The average molecular weight is 313 g/mol. The number of aryl methyl sites for hydroxylation is 1. The Labute approximate surface area is 126 Å². The summed E-state index contributed by atoms with van der Waals surface area (Å²) in [6.07, 6.45) is 0. The van der Waals surface area contributed by atoms with Crippen LogP contribution in [0.5, 0.6) is 0 Å². The molecule has 0 heterocycles. The number of sulfonamides is 1. The highest BCUT2D eigenvalue weighted by Crippen LogP contribution is 2.22. The van der Waals surface area contributed by atoms with E-state index in [-0.39, 0.29) is 16.7 Å². The van der Waals surface area contributed by atoms with E-state index in [0.717, 1.165) is 9.87 Å². The van der Waals surface area contributed by atoms with Gasteiger partial charge < -0.3 is 11.1 Å². The van der Waals surface area contributed by atoms with Gasteiger partial charge in [0.1, 0.15) is 0 Å². The molecule has 3 N–H and O–H groups in total. The third kappa shape index (κ3) is 4.03. The highest BCUT2D eigenvalue weighted by molar-refractivity contribution is 7.89. The molecule has 0 spiro atoms. The molecule has 1 atom stereocenters. The Morgan fingerprint density at radius 1 is 1.29 bits per heavy atom. The van der Waals surface area contributed by atoms with Crippen LogP contribution in [0, 0.1) is 12.8 Å². The van der Waals surface area contributed by atoms with Gasteiger partial charge >= 0.3 is 0 Å². The third-order valence-corrected chi connectivity index (χ3v) is 5.08. The molecule has 7 heteroatoms. The van der Waals surface area contributed by atoms with Crippen molar-refractivity contribution in [1.82, 2.24) is 4.31 Å². The van der Waals surface area contributed by atoms with Crippen molar-refractivity contribution in [1.29, 1.82) is 0 Å². The number of hydrogen-bond acceptors (Lipinski definition) is 4. The van der Waals surface area contributed by atoms with Crippen molar-refractivity contribution in [2.24, 2.45) is 11.7 Å². The van der Waals surface area contributed by atoms with Gasteiger partial charge in [0.05, 0.1) is 10.9 Å². The third-order valence-electron chi connectivity index (χ3n) is 3.27. The van der Waals surface area contributed by atoms with Gasteiger partial charge in [0.15, 0.2) is 0 Å². The molecular weight excluding hydrogens is 290 g/mol. The summed E-state index contributed by atoms with van der Waals surface area (Å²) >= 11 is 0. The van der Waals surface area contributed by atoms with E-state index in [9.17, 15) is 13.2 Å². The fourth-order valence-corrected chi connectivity index (χ4v) is 2.55. The molecule has 1 aromatic carbocycles. The minimum absolute atomic E-state index is 0.000929. The van der Waals surface area contributed by atoms with E-state index in [1.54, 1.807) is 13.0 Å². The van der Waals surface area contributed by atoms with E-state index in [2.05, 4.69) is 5.32 Å². The highest BCUT2D eigenvalue weighted by atomic mass is 32.2. The minimum atomic E-state index is -3.54. The van der Waals surface area contributed by atoms with Gasteiger partial charge in [-0.1, -0.05) is 19.9 Å². The Kier molecular flexibility index (Phi) is 5.49. The van der Waals surface area contributed by atoms with Gasteiger partial charge in [-0.05, 0) is 30.5 Å². The van der Waals surface area contributed by atoms with Crippen molar-refractivity contribution in [3.8, 4) is 0 Å². The van der Waals surface area contributed by atoms with Crippen molar-refractivity contribution in [3.63, 3.8) is 0 Å². The lowest BCUT2D eigenvalue weighted by atomic mass is 10.0. The maximum Gasteiger partial charge on any atom is 0.242 e. The second-order valence-electron chi connectivity index (χ2n) is 5.52. The molecule has 0 radical (unpaired) electrons. The van der Waals surface area contributed by atoms with Gasteiger partial charge in [0.25, 0.3) is 0 Å². The lowest BCUT2D eigenvalue weighted by Crippen LogP contribution is -2.39. The fraction of sp³-hybridized carbons (Fsp3) is 0.500. The number of benzene rings is 1. The van der Waals surface area contributed by atoms with Crippen LogP contribution in [0.4, 0.5) is 5.69 Å². The van der Waals surface area contributed by atoms with Crippen LogP contribution < -0.4 is 11.1 Å². The first-order valence-electron chi connectivity index (χ1n) is 6.67. The monoisotopic (exact) mass is 313 g/mol. The van der Waals surface area contributed by atoms with Crippen molar-refractivity contribution >= 4 is 21.6 Å². The Bertz CT molecular complexity index is 624. The van der Waals surface area contributed by atoms with E-state index in [4.69, 9.17) is 5.73 Å². The van der Waals surface area contributed by atoms with E-state index in [1.165, 1.54) is 26.2 Å². The fourth-order valence-electron chi connectivity index (χ4n) is 1.63. The van der Waals surface area contributed by atoms with Crippen LogP contribution >= 0.6 is 0 Å². The van der Waals surface area contributed by atoms with Crippen LogP contribution in [0.3, 0.4) is 0 Å². The first-order valence-corrected chi connectivity index (χ1v) is 8.11. The van der Waals surface area contributed by atoms with Gasteiger partial charge in [-0.25, -0.2) is 12.7 Å². The molecule has 0 saturated heterocycles. The summed E-state index contributed by atoms with van der Waals surface area (Å²) < 4.78 is 25.4. The number of rotatable bonds is 5. The Morgan fingerprint density at radius 3 is 2.33 bits per heavy atom. The first-order chi connectivity index (χ1) is 9.57. The number of nitrogens with two attached hydrogens (primary N) is 1. The molecule has 0 aliphatic carbocycles. The number of nitrogens with zero attached hydrogens (tertiary/aromatic N) is 1. The second-order valence-corrected chi connectivity index (χ2v) is 7.68. The van der Waals surface area contributed by atoms with Crippen LogP contribution in [0.2, 0.25) is 0 Å². The van der Waals surface area contributed by atoms with Gasteiger partial charge in [0, 0.05) is 19.8 Å². The largest absolute Gasteiger partial charge is 0.324 e. The summed E-state index contributed by atoms with van der Waals surface area (Å²) in [6.45, 7) is 5.50. The number of amides is 1. The Hall–Kier alpha value is -1.44. The molecule has 1 aromatic rings. The average Bonchev–Trinajstić information content (AvgIpc) is 2.39. The molecule has 0 unspecified atom stereocenters. The molecular formula is C14H23N3O3S. The van der Waals surface area contributed by atoms with Crippen LogP contribution in [-0.2, 0) is 14.8 Å². The predicted molar refractivity (Wildman–Crippen MR) is 83.5 cm³/mol. The van der Waals surface area contributed by atoms with Crippen LogP contribution in [0.25, 0.3) is 0 Å². The maximum absolute atomic E-state index is 12.1. The smallest absolute Gasteiger partial charge is 0.242 e. The molecule has 118 valence electrons. The zero-order chi connectivity index (χ0) is 16.4. The zero-order valence-electron chi connectivity index (χ0n) is 13.0. The summed E-state index contributed by atoms with van der Waals surface area (Å²) in [5, 5.41) is 2.70. The van der Waals surface area contributed by atoms with Gasteiger partial charge in [0.2, 0.25) is 15.9 Å². The van der Waals surface area contributed by atoms with Gasteiger partial charge in [-0.2, -0.15) is 0 Å². The van der Waals surface area contributed by atoms with Gasteiger partial charge in [-0.3, -0.25) is 4.79 Å². The Balaban J connectivity index is 3.13. The molecule has 1 rings (SSSR count). The molecule has 0 fully saturated rings. The number of hydrogen-bond donors (Lipinski definition) is 2. The lowest BCUT2D eigenvalue weighted by Gasteiger charge is -2.18. The van der Waals surface area contributed by atoms with Gasteiger partial charge in [-0.15, -0.1) is 0 Å². The summed E-state index contributed by atoms with van der Waals surface area (Å²) in [5.41, 5.74) is 7.02. The minimum Gasteiger partial charge on any atom is -0.324 e. The molecule has 0 saturated carbocycles. The molecule has 1 amide bonds. The number of carbonyl (C=O) groups is 1. The van der Waals surface area contributed by atoms with Crippen molar-refractivity contribution in [2.75, 3.05) is 19.4 Å². The lowest BCUT2D eigenvalue weighted by molar-refractivity contribution is -0.118. The number of nitrogens with one attached hydrogen (secondary N) is 1. The molecule has 0 bridgehead atoms. The number of carbonyl (C=O) groups excluding carboxylic acids is 1. The summed E-state index contributed by atoms with van der Waals surface area (Å²) in [6, 6.07) is 3.99. The van der Waals surface area contributed by atoms with Crippen LogP contribution in [0.15, 0.2) is 23.1 Å². The molecule has 0 aromatic heterocycles. The number of anilines is 1. The highest BCUT2D eigenvalue weighted by Gasteiger charge is 2.21. The van der Waals surface area contributed by atoms with Crippen LogP contribution in [-0.4, -0.2) is 38.8 Å². The molecule has 21 heavy (non-hydrogen) atoms. The SMILES string of the molecule is Cc1ccc(S(=O)(=O)N(C)C)cc1NC(=O)[C@H](N)C(C)C. The quantitative estimate of drug-likeness (QED) is 0.853. The zero-order valence-corrected chi connectivity index (χ0v) is 13.9. The standard InChI is InChI=1S/C14H23N3O3S/c1-9(2)13(15)14(18)16-12-8-11(7-6-10(12)3)21(19,20)17(4)5/h6-9,13H,15H2,1-5H3,(H,16,18)/t13-/m1/s1. The van der Waals surface area contributed by atoms with Crippen LogP contribution in [0.1, 0.15) is 19.4 Å². The normalized spacial score (nSPS) is 13.5. The predicted octanol–water partition coefficient (Wildman–Crippen LogP) is 1.17. The van der Waals surface area contributed by atoms with E-state index < -0.39 is 16.1 Å².